The quantitative estimate of drug-likeness (QED) is 0.716. The van der Waals surface area contributed by atoms with E-state index in [9.17, 15) is 9.59 Å². The molecule has 0 aromatic carbocycles. The summed E-state index contributed by atoms with van der Waals surface area (Å²) in [6.45, 7) is 2.48. The second kappa shape index (κ2) is 3.61. The molecule has 2 aliphatic heterocycles. The van der Waals surface area contributed by atoms with E-state index in [2.05, 4.69) is 5.43 Å². The fourth-order valence-corrected chi connectivity index (χ4v) is 2.62. The Bertz CT molecular complexity index is 535. The first kappa shape index (κ1) is 10.4. The molecule has 2 aliphatic rings. The number of hydrogen-bond acceptors (Lipinski definition) is 3. The van der Waals surface area contributed by atoms with Crippen molar-refractivity contribution in [3.63, 3.8) is 0 Å². The molecule has 1 atom stereocenters. The van der Waals surface area contributed by atoms with Crippen LogP contribution in [-0.2, 0) is 0 Å². The number of nitrogens with zero attached hydrogens (tertiary/aromatic N) is 2. The first-order valence-electron chi connectivity index (χ1n) is 5.98. The Morgan fingerprint density at radius 1 is 1.35 bits per heavy atom. The lowest BCUT2D eigenvalue weighted by molar-refractivity contribution is 0.0573. The zero-order valence-electron chi connectivity index (χ0n) is 9.77. The molecule has 1 aromatic heterocycles. The van der Waals surface area contributed by atoms with Crippen molar-refractivity contribution in [2.75, 3.05) is 12.0 Å². The Balaban J connectivity index is 2.13. The van der Waals surface area contributed by atoms with E-state index < -0.39 is 0 Å². The van der Waals surface area contributed by atoms with Gasteiger partial charge in [-0.1, -0.05) is 0 Å². The average Bonchev–Trinajstić information content (AvgIpc) is 2.34. The van der Waals surface area contributed by atoms with Crippen molar-refractivity contribution in [2.24, 2.45) is 0 Å². The highest BCUT2D eigenvalue weighted by Crippen LogP contribution is 2.23. The Labute approximate surface area is 99.0 Å². The van der Waals surface area contributed by atoms with E-state index in [1.807, 2.05) is 4.90 Å². The number of hydrogen-bond donors (Lipinski definition) is 1. The second-order valence-corrected chi connectivity index (χ2v) is 4.66. The maximum Gasteiger partial charge on any atom is 0.274 e. The summed E-state index contributed by atoms with van der Waals surface area (Å²) < 4.78 is 1.70. The van der Waals surface area contributed by atoms with Crippen LogP contribution in [0.4, 0.5) is 0 Å². The monoisotopic (exact) mass is 233 g/mol. The normalized spacial score (nSPS) is 22.8. The first-order chi connectivity index (χ1) is 8.18. The number of fused-ring (bicyclic) bond motifs is 2. The van der Waals surface area contributed by atoms with Crippen LogP contribution >= 0.6 is 0 Å². The lowest BCUT2D eigenvalue weighted by Gasteiger charge is -2.41. The van der Waals surface area contributed by atoms with E-state index in [1.165, 1.54) is 6.07 Å². The highest BCUT2D eigenvalue weighted by atomic mass is 16.2. The number of pyridine rings is 1. The largest absolute Gasteiger partial charge is 0.316 e. The van der Waals surface area contributed by atoms with Crippen molar-refractivity contribution < 1.29 is 4.79 Å². The summed E-state index contributed by atoms with van der Waals surface area (Å²) in [5, 5.41) is 0. The van der Waals surface area contributed by atoms with Crippen LogP contribution in [0.25, 0.3) is 0 Å². The standard InChI is InChI=1S/C12H15N3O2/c1-8-9(16)5-7-15-11(8)12(17)14-6-3-2-4-10(14)13-15/h5,7,10,13H,2-4,6H2,1H3. The SMILES string of the molecule is Cc1c2n(ccc1=O)NC1CCCCN1C2=O. The van der Waals surface area contributed by atoms with Crippen LogP contribution in [0.3, 0.4) is 0 Å². The molecule has 5 nitrogen and oxygen atoms in total. The van der Waals surface area contributed by atoms with Gasteiger partial charge in [0.25, 0.3) is 5.91 Å². The lowest BCUT2D eigenvalue weighted by Crippen LogP contribution is -2.56. The molecule has 3 rings (SSSR count). The Morgan fingerprint density at radius 3 is 3.00 bits per heavy atom. The van der Waals surface area contributed by atoms with Crippen molar-refractivity contribution in [3.05, 3.63) is 33.7 Å². The number of carbonyl (C=O) groups is 1. The average molecular weight is 233 g/mol. The van der Waals surface area contributed by atoms with E-state index in [4.69, 9.17) is 0 Å². The summed E-state index contributed by atoms with van der Waals surface area (Å²) in [5.41, 5.74) is 4.20. The Morgan fingerprint density at radius 2 is 2.18 bits per heavy atom. The van der Waals surface area contributed by atoms with E-state index in [-0.39, 0.29) is 17.5 Å². The molecule has 1 N–H and O–H groups in total. The zero-order chi connectivity index (χ0) is 12.0. The fraction of sp³-hybridized carbons (Fsp3) is 0.500. The van der Waals surface area contributed by atoms with Gasteiger partial charge >= 0.3 is 0 Å². The molecule has 90 valence electrons. The van der Waals surface area contributed by atoms with Crippen LogP contribution in [0.15, 0.2) is 17.1 Å². The maximum atomic E-state index is 12.4. The smallest absolute Gasteiger partial charge is 0.274 e. The molecule has 1 unspecified atom stereocenters. The summed E-state index contributed by atoms with van der Waals surface area (Å²) in [6, 6.07) is 1.50. The van der Waals surface area contributed by atoms with E-state index in [0.29, 0.717) is 11.3 Å². The molecule has 1 aromatic rings. The number of aromatic nitrogens is 1. The molecular weight excluding hydrogens is 218 g/mol. The molecule has 3 heterocycles. The van der Waals surface area contributed by atoms with Crippen molar-refractivity contribution in [1.29, 1.82) is 0 Å². The molecule has 0 aliphatic carbocycles. The second-order valence-electron chi connectivity index (χ2n) is 4.66. The van der Waals surface area contributed by atoms with Crippen LogP contribution in [-0.4, -0.2) is 28.2 Å². The molecule has 1 fully saturated rings. The molecule has 1 saturated heterocycles. The Kier molecular flexibility index (Phi) is 2.21. The van der Waals surface area contributed by atoms with Crippen molar-refractivity contribution >= 4 is 5.91 Å². The van der Waals surface area contributed by atoms with Crippen LogP contribution in [0.2, 0.25) is 0 Å². The first-order valence-corrected chi connectivity index (χ1v) is 5.98. The van der Waals surface area contributed by atoms with E-state index in [0.717, 1.165) is 25.8 Å². The predicted octanol–water partition coefficient (Wildman–Crippen LogP) is 0.666. The molecule has 0 bridgehead atoms. The van der Waals surface area contributed by atoms with Gasteiger partial charge in [0.15, 0.2) is 5.43 Å². The van der Waals surface area contributed by atoms with Gasteiger partial charge in [-0.2, -0.15) is 0 Å². The number of piperidine rings is 1. The predicted molar refractivity (Wildman–Crippen MR) is 63.5 cm³/mol. The van der Waals surface area contributed by atoms with Crippen LogP contribution in [0, 0.1) is 6.92 Å². The summed E-state index contributed by atoms with van der Waals surface area (Å²) in [7, 11) is 0. The van der Waals surface area contributed by atoms with Gasteiger partial charge in [-0.25, -0.2) is 0 Å². The highest BCUT2D eigenvalue weighted by Gasteiger charge is 2.34. The van der Waals surface area contributed by atoms with Gasteiger partial charge in [-0.3, -0.25) is 14.3 Å². The fourth-order valence-electron chi connectivity index (χ4n) is 2.62. The number of rotatable bonds is 0. The third-order valence-electron chi connectivity index (χ3n) is 3.60. The minimum atomic E-state index is -0.0816. The third-order valence-corrected chi connectivity index (χ3v) is 3.60. The summed E-state index contributed by atoms with van der Waals surface area (Å²) in [5.74, 6) is -0.0244. The minimum Gasteiger partial charge on any atom is -0.316 e. The van der Waals surface area contributed by atoms with Crippen LogP contribution < -0.4 is 10.9 Å². The molecule has 5 heteroatoms. The highest BCUT2D eigenvalue weighted by molar-refractivity contribution is 5.95. The van der Waals surface area contributed by atoms with Crippen molar-refractivity contribution in [2.45, 2.75) is 32.4 Å². The van der Waals surface area contributed by atoms with Gasteiger partial charge in [-0.05, 0) is 26.2 Å². The van der Waals surface area contributed by atoms with Crippen molar-refractivity contribution in [1.82, 2.24) is 9.58 Å². The Hall–Kier alpha value is -1.78. The topological polar surface area (TPSA) is 54.3 Å². The lowest BCUT2D eigenvalue weighted by atomic mass is 10.0. The minimum absolute atomic E-state index is 0.0244. The van der Waals surface area contributed by atoms with Gasteiger partial charge < -0.3 is 10.3 Å². The molecule has 0 spiro atoms. The number of nitrogens with one attached hydrogen (secondary N) is 1. The number of amides is 1. The summed E-state index contributed by atoms with van der Waals surface area (Å²) in [6.07, 6.45) is 4.87. The van der Waals surface area contributed by atoms with Gasteiger partial charge in [0.1, 0.15) is 11.9 Å². The third kappa shape index (κ3) is 1.45. The molecule has 17 heavy (non-hydrogen) atoms. The number of carbonyl (C=O) groups excluding carboxylic acids is 1. The molecule has 0 radical (unpaired) electrons. The van der Waals surface area contributed by atoms with Crippen LogP contribution in [0.5, 0.6) is 0 Å². The van der Waals surface area contributed by atoms with Crippen LogP contribution in [0.1, 0.15) is 35.3 Å². The van der Waals surface area contributed by atoms with Gasteiger partial charge in [0, 0.05) is 24.4 Å². The molecule has 0 saturated carbocycles. The molecular formula is C12H15N3O2. The van der Waals surface area contributed by atoms with Crippen molar-refractivity contribution in [3.8, 4) is 0 Å². The summed E-state index contributed by atoms with van der Waals surface area (Å²) >= 11 is 0. The van der Waals surface area contributed by atoms with E-state index in [1.54, 1.807) is 17.8 Å². The van der Waals surface area contributed by atoms with Gasteiger partial charge in [-0.15, -0.1) is 0 Å². The molecule has 1 amide bonds. The van der Waals surface area contributed by atoms with Gasteiger partial charge in [0.2, 0.25) is 0 Å². The zero-order valence-corrected chi connectivity index (χ0v) is 9.77. The van der Waals surface area contributed by atoms with Gasteiger partial charge in [0.05, 0.1) is 0 Å². The maximum absolute atomic E-state index is 12.4. The van der Waals surface area contributed by atoms with E-state index >= 15 is 0 Å². The summed E-state index contributed by atoms with van der Waals surface area (Å²) in [4.78, 5) is 25.8.